The summed E-state index contributed by atoms with van der Waals surface area (Å²) in [5, 5.41) is 15.1. The van der Waals surface area contributed by atoms with E-state index in [1.165, 1.54) is 16.6 Å². The highest BCUT2D eigenvalue weighted by molar-refractivity contribution is 7.99. The molecule has 1 amide bonds. The lowest BCUT2D eigenvalue weighted by atomic mass is 10.2. The first-order chi connectivity index (χ1) is 14.6. The number of rotatable bonds is 8. The van der Waals surface area contributed by atoms with Gasteiger partial charge in [0.15, 0.2) is 11.0 Å². The molecule has 0 bridgehead atoms. The highest BCUT2D eigenvalue weighted by Gasteiger charge is 2.22. The van der Waals surface area contributed by atoms with Gasteiger partial charge in [0.25, 0.3) is 0 Å². The lowest BCUT2D eigenvalue weighted by Crippen LogP contribution is -2.18. The van der Waals surface area contributed by atoms with Gasteiger partial charge in [0.05, 0.1) is 18.4 Å². The maximum atomic E-state index is 12.4. The number of anilines is 1. The van der Waals surface area contributed by atoms with Crippen molar-refractivity contribution < 1.29 is 9.53 Å². The van der Waals surface area contributed by atoms with Crippen LogP contribution in [0.2, 0.25) is 5.02 Å². The number of thioether (sulfide) groups is 1. The number of halogens is 1. The highest BCUT2D eigenvalue weighted by Crippen LogP contribution is 2.29. The summed E-state index contributed by atoms with van der Waals surface area (Å²) < 4.78 is 7.93. The molecule has 3 aromatic rings. The Balaban J connectivity index is 1.49. The van der Waals surface area contributed by atoms with Crippen LogP contribution in [0.25, 0.3) is 11.4 Å². The zero-order valence-corrected chi connectivity index (χ0v) is 19.0. The van der Waals surface area contributed by atoms with Gasteiger partial charge in [0.1, 0.15) is 0 Å². The van der Waals surface area contributed by atoms with Crippen LogP contribution in [0.3, 0.4) is 0 Å². The van der Waals surface area contributed by atoms with Crippen LogP contribution in [0.1, 0.15) is 24.6 Å². The summed E-state index contributed by atoms with van der Waals surface area (Å²) in [6.45, 7) is 3.63. The minimum absolute atomic E-state index is 0.112. The Labute approximate surface area is 189 Å². The first-order valence-electron chi connectivity index (χ1n) is 9.93. The molecule has 1 atom stereocenters. The number of benzene rings is 1. The second-order valence-corrected chi connectivity index (χ2v) is 9.43. The van der Waals surface area contributed by atoms with E-state index in [9.17, 15) is 4.79 Å². The van der Waals surface area contributed by atoms with Crippen LogP contribution in [0, 0.1) is 0 Å². The van der Waals surface area contributed by atoms with Gasteiger partial charge in [0, 0.05) is 33.1 Å². The van der Waals surface area contributed by atoms with E-state index in [2.05, 4.69) is 38.5 Å². The van der Waals surface area contributed by atoms with Gasteiger partial charge in [-0.05, 0) is 43.5 Å². The van der Waals surface area contributed by atoms with Gasteiger partial charge in [-0.3, -0.25) is 9.36 Å². The maximum Gasteiger partial charge on any atom is 0.234 e. The Morgan fingerprint density at radius 2 is 2.30 bits per heavy atom. The number of thiophene rings is 1. The van der Waals surface area contributed by atoms with Crippen molar-refractivity contribution in [3.63, 3.8) is 0 Å². The van der Waals surface area contributed by atoms with Gasteiger partial charge in [-0.15, -0.1) is 21.5 Å². The third kappa shape index (κ3) is 5.24. The summed E-state index contributed by atoms with van der Waals surface area (Å²) >= 11 is 9.10. The van der Waals surface area contributed by atoms with Crippen molar-refractivity contribution in [3.8, 4) is 11.4 Å². The molecule has 6 nitrogen and oxygen atoms in total. The summed E-state index contributed by atoms with van der Waals surface area (Å²) in [6.07, 6.45) is 3.26. The number of hydrogen-bond acceptors (Lipinski definition) is 6. The molecule has 1 fully saturated rings. The molecule has 0 aliphatic carbocycles. The molecule has 9 heteroatoms. The van der Waals surface area contributed by atoms with Crippen molar-refractivity contribution in [3.05, 3.63) is 45.6 Å². The van der Waals surface area contributed by atoms with E-state index in [-0.39, 0.29) is 17.8 Å². The van der Waals surface area contributed by atoms with Crippen LogP contribution in [0.15, 0.2) is 40.9 Å². The molecule has 0 radical (unpaired) electrons. The van der Waals surface area contributed by atoms with Crippen LogP contribution in [-0.4, -0.2) is 39.1 Å². The van der Waals surface area contributed by atoms with Crippen LogP contribution < -0.4 is 5.32 Å². The van der Waals surface area contributed by atoms with Crippen LogP contribution in [0.5, 0.6) is 0 Å². The summed E-state index contributed by atoms with van der Waals surface area (Å²) in [5.41, 5.74) is 1.75. The van der Waals surface area contributed by atoms with Crippen LogP contribution in [-0.2, 0) is 22.5 Å². The molecule has 0 saturated carbocycles. The molecular formula is C21H23ClN4O2S2. The number of aromatic nitrogens is 3. The first kappa shape index (κ1) is 21.4. The molecule has 1 aliphatic rings. The molecule has 158 valence electrons. The average Bonchev–Trinajstić information content (AvgIpc) is 3.48. The predicted octanol–water partition coefficient (Wildman–Crippen LogP) is 5.13. The standard InChI is InChI=1S/C21H23ClN4O2S2/c1-2-18-9-14(12-29-18)20-24-25-21(26(20)11-17-7-4-8-28-17)30-13-19(27)23-16-6-3-5-15(22)10-16/h3,5-6,9-10,12,17H,2,4,7-8,11,13H2,1H3,(H,23,27). The third-order valence-electron chi connectivity index (χ3n) is 4.83. The van der Waals surface area contributed by atoms with Crippen molar-refractivity contribution in [2.75, 3.05) is 17.7 Å². The molecule has 1 aliphatic heterocycles. The Bertz CT molecular complexity index is 1010. The van der Waals surface area contributed by atoms with Gasteiger partial charge in [-0.2, -0.15) is 0 Å². The van der Waals surface area contributed by atoms with Crippen molar-refractivity contribution in [1.82, 2.24) is 14.8 Å². The summed E-state index contributed by atoms with van der Waals surface area (Å²) in [7, 11) is 0. The fourth-order valence-electron chi connectivity index (χ4n) is 3.34. The summed E-state index contributed by atoms with van der Waals surface area (Å²) in [6, 6.07) is 9.29. The number of ether oxygens (including phenoxy) is 1. The van der Waals surface area contributed by atoms with E-state index in [1.807, 2.05) is 6.07 Å². The van der Waals surface area contributed by atoms with E-state index in [0.717, 1.165) is 42.4 Å². The summed E-state index contributed by atoms with van der Waals surface area (Å²) in [5.74, 6) is 0.957. The maximum absolute atomic E-state index is 12.4. The van der Waals surface area contributed by atoms with Crippen molar-refractivity contribution in [1.29, 1.82) is 0 Å². The molecule has 0 spiro atoms. The largest absolute Gasteiger partial charge is 0.376 e. The number of carbonyl (C=O) groups is 1. The van der Waals surface area contributed by atoms with Crippen LogP contribution in [0.4, 0.5) is 5.69 Å². The number of nitrogens with zero attached hydrogens (tertiary/aromatic N) is 3. The summed E-state index contributed by atoms with van der Waals surface area (Å²) in [4.78, 5) is 13.7. The molecule has 4 rings (SSSR count). The predicted molar refractivity (Wildman–Crippen MR) is 122 cm³/mol. The zero-order chi connectivity index (χ0) is 20.9. The van der Waals surface area contributed by atoms with Crippen molar-refractivity contribution in [2.24, 2.45) is 0 Å². The first-order valence-corrected chi connectivity index (χ1v) is 12.2. The zero-order valence-electron chi connectivity index (χ0n) is 16.6. The average molecular weight is 463 g/mol. The number of amides is 1. The van der Waals surface area contributed by atoms with Gasteiger partial charge >= 0.3 is 0 Å². The topological polar surface area (TPSA) is 69.0 Å². The minimum atomic E-state index is -0.112. The number of nitrogens with one attached hydrogen (secondary N) is 1. The Morgan fingerprint density at radius 1 is 1.40 bits per heavy atom. The molecule has 1 N–H and O–H groups in total. The van der Waals surface area contributed by atoms with E-state index in [4.69, 9.17) is 16.3 Å². The van der Waals surface area contributed by atoms with Gasteiger partial charge in [-0.1, -0.05) is 36.4 Å². The molecular weight excluding hydrogens is 440 g/mol. The lowest BCUT2D eigenvalue weighted by molar-refractivity contribution is -0.113. The van der Waals surface area contributed by atoms with Crippen molar-refractivity contribution >= 4 is 46.3 Å². The molecule has 3 heterocycles. The monoisotopic (exact) mass is 462 g/mol. The number of hydrogen-bond donors (Lipinski definition) is 1. The van der Waals surface area contributed by atoms with E-state index < -0.39 is 0 Å². The SMILES string of the molecule is CCc1cc(-c2nnc(SCC(=O)Nc3cccc(Cl)c3)n2CC2CCCO2)cs1. The quantitative estimate of drug-likeness (QED) is 0.470. The highest BCUT2D eigenvalue weighted by atomic mass is 35.5. The minimum Gasteiger partial charge on any atom is -0.376 e. The van der Waals surface area contributed by atoms with E-state index in [1.54, 1.807) is 29.5 Å². The van der Waals surface area contributed by atoms with E-state index >= 15 is 0 Å². The Kier molecular flexibility index (Phi) is 7.09. The second kappa shape index (κ2) is 9.96. The smallest absolute Gasteiger partial charge is 0.234 e. The Morgan fingerprint density at radius 3 is 3.03 bits per heavy atom. The fraction of sp³-hybridized carbons (Fsp3) is 0.381. The van der Waals surface area contributed by atoms with E-state index in [0.29, 0.717) is 17.3 Å². The molecule has 2 aromatic heterocycles. The van der Waals surface area contributed by atoms with Gasteiger partial charge < -0.3 is 10.1 Å². The number of aryl methyl sites for hydroxylation is 1. The third-order valence-corrected chi connectivity index (χ3v) is 7.11. The molecule has 1 saturated heterocycles. The fourth-order valence-corrected chi connectivity index (χ4v) is 5.09. The molecule has 1 unspecified atom stereocenters. The Hall–Kier alpha value is -1.87. The normalized spacial score (nSPS) is 16.1. The van der Waals surface area contributed by atoms with Gasteiger partial charge in [0.2, 0.25) is 5.91 Å². The molecule has 30 heavy (non-hydrogen) atoms. The second-order valence-electron chi connectivity index (χ2n) is 7.05. The van der Waals surface area contributed by atoms with Gasteiger partial charge in [-0.25, -0.2) is 0 Å². The number of carbonyl (C=O) groups excluding carboxylic acids is 1. The molecule has 1 aromatic carbocycles. The van der Waals surface area contributed by atoms with Crippen LogP contribution >= 0.6 is 34.7 Å². The van der Waals surface area contributed by atoms with Crippen molar-refractivity contribution in [2.45, 2.75) is 44.0 Å². The lowest BCUT2D eigenvalue weighted by Gasteiger charge is -2.14.